The summed E-state index contributed by atoms with van der Waals surface area (Å²) < 4.78 is 26.7. The van der Waals surface area contributed by atoms with Gasteiger partial charge in [-0.1, -0.05) is 18.2 Å². The van der Waals surface area contributed by atoms with Gasteiger partial charge in [0.15, 0.2) is 0 Å². The molecule has 0 saturated carbocycles. The van der Waals surface area contributed by atoms with Crippen LogP contribution in [0.15, 0.2) is 48.5 Å². The van der Waals surface area contributed by atoms with E-state index in [9.17, 15) is 18.4 Å². The fraction of sp³-hybridized carbons (Fsp3) is 0.125. The van der Waals surface area contributed by atoms with E-state index in [1.165, 1.54) is 43.3 Å². The van der Waals surface area contributed by atoms with Gasteiger partial charge in [0.1, 0.15) is 18.2 Å². The van der Waals surface area contributed by atoms with Crippen LogP contribution < -0.4 is 10.2 Å². The van der Waals surface area contributed by atoms with Crippen molar-refractivity contribution in [1.82, 2.24) is 0 Å². The minimum absolute atomic E-state index is 0.0234. The highest BCUT2D eigenvalue weighted by molar-refractivity contribution is 6.01. The zero-order valence-electron chi connectivity index (χ0n) is 11.8. The molecule has 0 heterocycles. The van der Waals surface area contributed by atoms with Crippen molar-refractivity contribution in [3.8, 4) is 0 Å². The van der Waals surface area contributed by atoms with Gasteiger partial charge in [0.25, 0.3) is 0 Å². The highest BCUT2D eigenvalue weighted by Crippen LogP contribution is 2.17. The third kappa shape index (κ3) is 3.88. The van der Waals surface area contributed by atoms with Crippen LogP contribution in [0.2, 0.25) is 0 Å². The van der Waals surface area contributed by atoms with Gasteiger partial charge in [0, 0.05) is 12.6 Å². The van der Waals surface area contributed by atoms with E-state index in [4.69, 9.17) is 0 Å². The number of hydrogen-bond donors (Lipinski definition) is 1. The zero-order valence-corrected chi connectivity index (χ0v) is 11.8. The van der Waals surface area contributed by atoms with Crippen molar-refractivity contribution in [2.75, 3.05) is 16.8 Å². The van der Waals surface area contributed by atoms with Crippen molar-refractivity contribution in [1.29, 1.82) is 0 Å². The predicted octanol–water partition coefficient (Wildman–Crippen LogP) is 2.96. The lowest BCUT2D eigenvalue weighted by molar-refractivity contribution is -0.120. The maximum atomic E-state index is 13.5. The molecule has 4 nitrogen and oxygen atoms in total. The van der Waals surface area contributed by atoms with Crippen LogP contribution in [0.5, 0.6) is 0 Å². The number of nitrogens with one attached hydrogen (secondary N) is 1. The van der Waals surface area contributed by atoms with Gasteiger partial charge in [-0.3, -0.25) is 9.59 Å². The van der Waals surface area contributed by atoms with Crippen LogP contribution in [0.3, 0.4) is 0 Å². The Labute approximate surface area is 126 Å². The molecular formula is C16H14F2N2O2. The fourth-order valence-corrected chi connectivity index (χ4v) is 1.92. The average molecular weight is 304 g/mol. The van der Waals surface area contributed by atoms with E-state index in [-0.39, 0.29) is 17.9 Å². The molecule has 0 aliphatic rings. The number of halogens is 2. The van der Waals surface area contributed by atoms with Crippen molar-refractivity contribution in [2.24, 2.45) is 0 Å². The van der Waals surface area contributed by atoms with E-state index >= 15 is 0 Å². The summed E-state index contributed by atoms with van der Waals surface area (Å²) in [5, 5.41) is 2.38. The van der Waals surface area contributed by atoms with Crippen LogP contribution in [0.1, 0.15) is 6.92 Å². The van der Waals surface area contributed by atoms with Crippen LogP contribution in [-0.4, -0.2) is 18.4 Å². The molecule has 0 bridgehead atoms. The number of amides is 2. The lowest BCUT2D eigenvalue weighted by Gasteiger charge is -2.20. The average Bonchev–Trinajstić information content (AvgIpc) is 2.47. The van der Waals surface area contributed by atoms with Crippen molar-refractivity contribution in [2.45, 2.75) is 6.92 Å². The van der Waals surface area contributed by atoms with Crippen LogP contribution in [0.4, 0.5) is 20.2 Å². The fourth-order valence-electron chi connectivity index (χ4n) is 1.92. The van der Waals surface area contributed by atoms with Gasteiger partial charge < -0.3 is 10.2 Å². The number of benzene rings is 2. The molecule has 0 saturated heterocycles. The Kier molecular flexibility index (Phi) is 4.83. The third-order valence-electron chi connectivity index (χ3n) is 2.95. The maximum Gasteiger partial charge on any atom is 0.244 e. The molecule has 2 aromatic rings. The number of carbonyl (C=O) groups excluding carboxylic acids is 2. The Morgan fingerprint density at radius 1 is 1.09 bits per heavy atom. The molecule has 6 heteroatoms. The lowest BCUT2D eigenvalue weighted by Crippen LogP contribution is -2.36. The molecule has 0 atom stereocenters. The van der Waals surface area contributed by atoms with Gasteiger partial charge in [0.2, 0.25) is 11.8 Å². The summed E-state index contributed by atoms with van der Waals surface area (Å²) in [5.41, 5.74) is 0.284. The summed E-state index contributed by atoms with van der Waals surface area (Å²) in [6.45, 7) is 0.925. The summed E-state index contributed by atoms with van der Waals surface area (Å²) in [6, 6.07) is 11.0. The van der Waals surface area contributed by atoms with Gasteiger partial charge >= 0.3 is 0 Å². The molecule has 0 radical (unpaired) electrons. The number of anilines is 2. The van der Waals surface area contributed by atoms with Crippen LogP contribution in [-0.2, 0) is 9.59 Å². The summed E-state index contributed by atoms with van der Waals surface area (Å²) in [7, 11) is 0. The molecule has 0 aromatic heterocycles. The quantitative estimate of drug-likeness (QED) is 0.944. The zero-order chi connectivity index (χ0) is 16.1. The van der Waals surface area contributed by atoms with Crippen molar-refractivity contribution in [3.05, 3.63) is 60.2 Å². The summed E-state index contributed by atoms with van der Waals surface area (Å²) >= 11 is 0. The van der Waals surface area contributed by atoms with E-state index in [0.29, 0.717) is 0 Å². The molecule has 1 N–H and O–H groups in total. The van der Waals surface area contributed by atoms with Crippen molar-refractivity contribution in [3.63, 3.8) is 0 Å². The molecule has 0 unspecified atom stereocenters. The molecule has 22 heavy (non-hydrogen) atoms. The second-order valence-electron chi connectivity index (χ2n) is 4.61. The SMILES string of the molecule is CC(=O)N(CC(=O)Nc1ccccc1F)c1cccc(F)c1. The van der Waals surface area contributed by atoms with Gasteiger partial charge in [-0.2, -0.15) is 0 Å². The Balaban J connectivity index is 2.13. The van der Waals surface area contributed by atoms with Gasteiger partial charge in [-0.15, -0.1) is 0 Å². The van der Waals surface area contributed by atoms with Gasteiger partial charge in [0.05, 0.1) is 5.69 Å². The van der Waals surface area contributed by atoms with E-state index in [0.717, 1.165) is 11.0 Å². The number of nitrogens with zero attached hydrogens (tertiary/aromatic N) is 1. The second kappa shape index (κ2) is 6.80. The molecule has 2 rings (SSSR count). The first-order chi connectivity index (χ1) is 10.5. The highest BCUT2D eigenvalue weighted by Gasteiger charge is 2.17. The van der Waals surface area contributed by atoms with Crippen LogP contribution >= 0.6 is 0 Å². The molecule has 2 aromatic carbocycles. The lowest BCUT2D eigenvalue weighted by atomic mass is 10.2. The summed E-state index contributed by atoms with van der Waals surface area (Å²) in [4.78, 5) is 24.7. The predicted molar refractivity (Wildman–Crippen MR) is 79.5 cm³/mol. The van der Waals surface area contributed by atoms with E-state index < -0.39 is 23.4 Å². The minimum atomic E-state index is -0.579. The summed E-state index contributed by atoms with van der Waals surface area (Å²) in [6.07, 6.45) is 0. The highest BCUT2D eigenvalue weighted by atomic mass is 19.1. The third-order valence-corrected chi connectivity index (χ3v) is 2.95. The molecule has 2 amide bonds. The van der Waals surface area contributed by atoms with Crippen molar-refractivity contribution >= 4 is 23.2 Å². The molecular weight excluding hydrogens is 290 g/mol. The first kappa shape index (κ1) is 15.6. The Hall–Kier alpha value is -2.76. The second-order valence-corrected chi connectivity index (χ2v) is 4.61. The topological polar surface area (TPSA) is 49.4 Å². The molecule has 0 spiro atoms. The Morgan fingerprint density at radius 2 is 1.82 bits per heavy atom. The molecule has 0 fully saturated rings. The van der Waals surface area contributed by atoms with E-state index in [1.54, 1.807) is 6.07 Å². The Morgan fingerprint density at radius 3 is 2.45 bits per heavy atom. The van der Waals surface area contributed by atoms with E-state index in [1.807, 2.05) is 0 Å². The molecule has 0 aliphatic heterocycles. The van der Waals surface area contributed by atoms with Crippen molar-refractivity contribution < 1.29 is 18.4 Å². The minimum Gasteiger partial charge on any atom is -0.322 e. The number of rotatable bonds is 4. The van der Waals surface area contributed by atoms with Crippen LogP contribution in [0, 0.1) is 11.6 Å². The molecule has 0 aliphatic carbocycles. The monoisotopic (exact) mass is 304 g/mol. The number of hydrogen-bond acceptors (Lipinski definition) is 2. The maximum absolute atomic E-state index is 13.5. The first-order valence-electron chi connectivity index (χ1n) is 6.55. The molecule has 114 valence electrons. The Bertz CT molecular complexity index is 704. The number of carbonyl (C=O) groups is 2. The van der Waals surface area contributed by atoms with Gasteiger partial charge in [-0.05, 0) is 30.3 Å². The largest absolute Gasteiger partial charge is 0.322 e. The summed E-state index contributed by atoms with van der Waals surface area (Å²) in [5.74, 6) is -2.09. The van der Waals surface area contributed by atoms with Gasteiger partial charge in [-0.25, -0.2) is 8.78 Å². The normalized spacial score (nSPS) is 10.1. The number of para-hydroxylation sites is 1. The first-order valence-corrected chi connectivity index (χ1v) is 6.55. The smallest absolute Gasteiger partial charge is 0.244 e. The standard InChI is InChI=1S/C16H14F2N2O2/c1-11(21)20(13-6-4-5-12(17)9-13)10-16(22)19-15-8-3-2-7-14(15)18/h2-9H,10H2,1H3,(H,19,22). The van der Waals surface area contributed by atoms with Crippen LogP contribution in [0.25, 0.3) is 0 Å². The van der Waals surface area contributed by atoms with E-state index in [2.05, 4.69) is 5.32 Å².